The third-order valence-corrected chi connectivity index (χ3v) is 2.85. The summed E-state index contributed by atoms with van der Waals surface area (Å²) in [6, 6.07) is 4.02. The number of carbonyl (C=O) groups excluding carboxylic acids is 1. The summed E-state index contributed by atoms with van der Waals surface area (Å²) in [4.78, 5) is 17.0. The van der Waals surface area contributed by atoms with Crippen LogP contribution < -0.4 is 5.73 Å². The highest BCUT2D eigenvalue weighted by molar-refractivity contribution is 5.76. The molecule has 0 atom stereocenters. The summed E-state index contributed by atoms with van der Waals surface area (Å²) in [5.41, 5.74) is 5.42. The van der Waals surface area contributed by atoms with E-state index in [1.165, 1.54) is 0 Å². The number of rotatable bonds is 7. The Morgan fingerprint density at radius 2 is 1.72 bits per heavy atom. The zero-order valence-electron chi connectivity index (χ0n) is 10.4. The van der Waals surface area contributed by atoms with Crippen molar-refractivity contribution in [1.29, 1.82) is 10.5 Å². The lowest BCUT2D eigenvalue weighted by molar-refractivity contribution is 0.187. The van der Waals surface area contributed by atoms with Crippen LogP contribution >= 0.6 is 0 Å². The van der Waals surface area contributed by atoms with Crippen molar-refractivity contribution >= 4 is 6.03 Å². The molecule has 98 valence electrons. The molecule has 2 N–H and O–H groups in total. The van der Waals surface area contributed by atoms with Gasteiger partial charge in [-0.15, -0.1) is 0 Å². The van der Waals surface area contributed by atoms with Crippen molar-refractivity contribution in [1.82, 2.24) is 14.7 Å². The summed E-state index contributed by atoms with van der Waals surface area (Å²) in [6.07, 6.45) is 0. The van der Waals surface area contributed by atoms with E-state index in [0.717, 1.165) is 0 Å². The third-order valence-electron chi connectivity index (χ3n) is 2.85. The van der Waals surface area contributed by atoms with Gasteiger partial charge in [0.15, 0.2) is 0 Å². The molecular formula is C11H18N6O. The van der Waals surface area contributed by atoms with E-state index in [4.69, 9.17) is 16.3 Å². The summed E-state index contributed by atoms with van der Waals surface area (Å²) in [6.45, 7) is 3.94. The van der Waals surface area contributed by atoms with E-state index in [0.29, 0.717) is 39.3 Å². The SMILES string of the molecule is N#CCN(CC#N)CCN1CCN(CCN)C1=O. The molecule has 0 spiro atoms. The van der Waals surface area contributed by atoms with Crippen LogP contribution in [0.1, 0.15) is 0 Å². The van der Waals surface area contributed by atoms with E-state index in [2.05, 4.69) is 0 Å². The maximum Gasteiger partial charge on any atom is 0.320 e. The minimum Gasteiger partial charge on any atom is -0.329 e. The van der Waals surface area contributed by atoms with E-state index in [1.807, 2.05) is 12.1 Å². The van der Waals surface area contributed by atoms with Crippen LogP contribution in [0.4, 0.5) is 4.79 Å². The second-order valence-corrected chi connectivity index (χ2v) is 4.07. The fourth-order valence-corrected chi connectivity index (χ4v) is 1.88. The Bertz CT molecular complexity index is 342. The molecule has 1 aliphatic heterocycles. The molecule has 0 aliphatic carbocycles. The standard InChI is InChI=1S/C11H18N6O/c12-1-4-15(5-2-13)7-8-17-10-9-16(6-3-14)11(17)18/h3-10,14H2. The number of urea groups is 1. The van der Waals surface area contributed by atoms with Crippen molar-refractivity contribution < 1.29 is 4.79 Å². The van der Waals surface area contributed by atoms with E-state index < -0.39 is 0 Å². The molecule has 18 heavy (non-hydrogen) atoms. The van der Waals surface area contributed by atoms with Crippen LogP contribution in [-0.2, 0) is 0 Å². The van der Waals surface area contributed by atoms with Crippen LogP contribution in [0.25, 0.3) is 0 Å². The summed E-state index contributed by atoms with van der Waals surface area (Å²) >= 11 is 0. The van der Waals surface area contributed by atoms with E-state index in [9.17, 15) is 4.79 Å². The number of carbonyl (C=O) groups is 1. The predicted octanol–water partition coefficient (Wildman–Crippen LogP) is -0.968. The molecule has 0 radical (unpaired) electrons. The van der Waals surface area contributed by atoms with Crippen LogP contribution in [0.5, 0.6) is 0 Å². The Morgan fingerprint density at radius 1 is 1.17 bits per heavy atom. The molecule has 0 aromatic heterocycles. The number of nitriles is 2. The molecule has 2 amide bonds. The Labute approximate surface area is 107 Å². The molecule has 1 heterocycles. The lowest BCUT2D eigenvalue weighted by Gasteiger charge is -2.21. The monoisotopic (exact) mass is 250 g/mol. The topological polar surface area (TPSA) is 100 Å². The van der Waals surface area contributed by atoms with Gasteiger partial charge in [-0.3, -0.25) is 4.90 Å². The molecular weight excluding hydrogens is 232 g/mol. The summed E-state index contributed by atoms with van der Waals surface area (Å²) in [7, 11) is 0. The summed E-state index contributed by atoms with van der Waals surface area (Å²) in [5.74, 6) is 0. The van der Waals surface area contributed by atoms with E-state index in [-0.39, 0.29) is 19.1 Å². The number of hydrogen-bond acceptors (Lipinski definition) is 5. The highest BCUT2D eigenvalue weighted by Crippen LogP contribution is 2.07. The van der Waals surface area contributed by atoms with Gasteiger partial charge in [0, 0.05) is 39.3 Å². The van der Waals surface area contributed by atoms with Gasteiger partial charge in [0.1, 0.15) is 0 Å². The fraction of sp³-hybridized carbons (Fsp3) is 0.727. The van der Waals surface area contributed by atoms with Gasteiger partial charge in [0.05, 0.1) is 25.2 Å². The zero-order chi connectivity index (χ0) is 13.4. The Hall–Kier alpha value is -1.83. The molecule has 7 nitrogen and oxygen atoms in total. The normalized spacial score (nSPS) is 15.0. The fourth-order valence-electron chi connectivity index (χ4n) is 1.88. The minimum absolute atomic E-state index is 0.00526. The van der Waals surface area contributed by atoms with Gasteiger partial charge < -0.3 is 15.5 Å². The molecule has 0 saturated carbocycles. The van der Waals surface area contributed by atoms with Gasteiger partial charge in [0.25, 0.3) is 0 Å². The quantitative estimate of drug-likeness (QED) is 0.586. The van der Waals surface area contributed by atoms with Gasteiger partial charge in [-0.2, -0.15) is 10.5 Å². The third kappa shape index (κ3) is 3.88. The number of nitrogens with two attached hydrogens (primary N) is 1. The predicted molar refractivity (Wildman–Crippen MR) is 65.3 cm³/mol. The van der Waals surface area contributed by atoms with Crippen molar-refractivity contribution in [2.45, 2.75) is 0 Å². The lowest BCUT2D eigenvalue weighted by atomic mass is 10.4. The lowest BCUT2D eigenvalue weighted by Crippen LogP contribution is -2.39. The van der Waals surface area contributed by atoms with Crippen molar-refractivity contribution in [3.05, 3.63) is 0 Å². The highest BCUT2D eigenvalue weighted by Gasteiger charge is 2.27. The molecule has 0 bridgehead atoms. The maximum atomic E-state index is 11.9. The number of nitrogens with zero attached hydrogens (tertiary/aromatic N) is 5. The molecule has 0 aromatic carbocycles. The Kier molecular flexibility index (Phi) is 5.92. The maximum absolute atomic E-state index is 11.9. The second-order valence-electron chi connectivity index (χ2n) is 4.07. The molecule has 0 unspecified atom stereocenters. The number of hydrogen-bond donors (Lipinski definition) is 1. The highest BCUT2D eigenvalue weighted by atomic mass is 16.2. The number of amides is 2. The van der Waals surface area contributed by atoms with Crippen LogP contribution in [0, 0.1) is 22.7 Å². The first-order valence-electron chi connectivity index (χ1n) is 5.93. The average Bonchev–Trinajstić information content (AvgIpc) is 2.69. The van der Waals surface area contributed by atoms with Crippen molar-refractivity contribution in [3.8, 4) is 12.1 Å². The van der Waals surface area contributed by atoms with E-state index >= 15 is 0 Å². The van der Waals surface area contributed by atoms with Gasteiger partial charge >= 0.3 is 6.03 Å². The van der Waals surface area contributed by atoms with Crippen molar-refractivity contribution in [3.63, 3.8) is 0 Å². The molecule has 1 aliphatic rings. The van der Waals surface area contributed by atoms with Crippen LogP contribution in [0.2, 0.25) is 0 Å². The first kappa shape index (κ1) is 14.2. The van der Waals surface area contributed by atoms with Crippen LogP contribution in [0.15, 0.2) is 0 Å². The van der Waals surface area contributed by atoms with Gasteiger partial charge in [-0.1, -0.05) is 0 Å². The van der Waals surface area contributed by atoms with Gasteiger partial charge in [-0.25, -0.2) is 4.79 Å². The minimum atomic E-state index is -0.00526. The largest absolute Gasteiger partial charge is 0.329 e. The molecule has 1 saturated heterocycles. The zero-order valence-corrected chi connectivity index (χ0v) is 10.4. The molecule has 1 rings (SSSR count). The molecule has 1 fully saturated rings. The Morgan fingerprint density at radius 3 is 2.22 bits per heavy atom. The van der Waals surface area contributed by atoms with Gasteiger partial charge in [0.2, 0.25) is 0 Å². The van der Waals surface area contributed by atoms with Crippen molar-refractivity contribution in [2.75, 3.05) is 52.4 Å². The summed E-state index contributed by atoms with van der Waals surface area (Å²) in [5, 5.41) is 17.2. The molecule has 7 heteroatoms. The Balaban J connectivity index is 2.37. The average molecular weight is 250 g/mol. The second kappa shape index (κ2) is 7.49. The smallest absolute Gasteiger partial charge is 0.320 e. The van der Waals surface area contributed by atoms with Crippen LogP contribution in [0.3, 0.4) is 0 Å². The first-order chi connectivity index (χ1) is 8.72. The van der Waals surface area contributed by atoms with Crippen molar-refractivity contribution in [2.24, 2.45) is 5.73 Å². The van der Waals surface area contributed by atoms with Crippen LogP contribution in [-0.4, -0.2) is 73.1 Å². The summed E-state index contributed by atoms with van der Waals surface area (Å²) < 4.78 is 0. The molecule has 0 aromatic rings. The van der Waals surface area contributed by atoms with Gasteiger partial charge in [-0.05, 0) is 0 Å². The van der Waals surface area contributed by atoms with E-state index in [1.54, 1.807) is 14.7 Å². The first-order valence-corrected chi connectivity index (χ1v) is 5.93.